The van der Waals surface area contributed by atoms with Crippen LogP contribution in [0.1, 0.15) is 16.1 Å². The molecule has 0 saturated heterocycles. The number of halogens is 2. The lowest BCUT2D eigenvalue weighted by molar-refractivity contribution is 0.102. The Morgan fingerprint density at radius 1 is 1.22 bits per heavy atom. The van der Waals surface area contributed by atoms with Crippen LogP contribution in [-0.4, -0.2) is 27.8 Å². The van der Waals surface area contributed by atoms with Crippen molar-refractivity contribution in [2.45, 2.75) is 6.92 Å². The van der Waals surface area contributed by atoms with Crippen molar-refractivity contribution < 1.29 is 9.53 Å². The number of aryl methyl sites for hydroxylation is 1. The lowest BCUT2D eigenvalue weighted by Crippen LogP contribution is -2.14. The van der Waals surface area contributed by atoms with Gasteiger partial charge < -0.3 is 10.1 Å². The number of ether oxygens (including phenoxy) is 1. The molecule has 0 spiro atoms. The summed E-state index contributed by atoms with van der Waals surface area (Å²) in [6, 6.07) is 8.97. The number of nitrogens with one attached hydrogen (secondary N) is 1. The van der Waals surface area contributed by atoms with Gasteiger partial charge in [-0.2, -0.15) is 9.78 Å². The van der Waals surface area contributed by atoms with Gasteiger partial charge in [0, 0.05) is 6.07 Å². The summed E-state index contributed by atoms with van der Waals surface area (Å²) in [5.41, 5.74) is 1.90. The largest absolute Gasteiger partial charge is 0.497 e. The van der Waals surface area contributed by atoms with Gasteiger partial charge in [-0.1, -0.05) is 34.5 Å². The number of nitrogens with zero attached hydrogens (tertiary/aromatic N) is 3. The molecule has 0 fully saturated rings. The first-order valence-corrected chi connectivity index (χ1v) is 10.1. The Balaban J connectivity index is 1.71. The minimum absolute atomic E-state index is 0.325. The summed E-state index contributed by atoms with van der Waals surface area (Å²) >= 11 is 14.6. The molecule has 4 aromatic rings. The van der Waals surface area contributed by atoms with Gasteiger partial charge in [-0.05, 0) is 31.2 Å². The van der Waals surface area contributed by atoms with Crippen molar-refractivity contribution in [3.05, 3.63) is 50.3 Å². The summed E-state index contributed by atoms with van der Waals surface area (Å²) in [5.74, 6) is 0.904. The lowest BCUT2D eigenvalue weighted by Gasteiger charge is -2.05. The Morgan fingerprint density at radius 3 is 2.74 bits per heavy atom. The number of aromatic nitrogens is 3. The first-order chi connectivity index (χ1) is 12.9. The standard InChI is InChI=1S/C17H12Cl2N4O2S2/c1-8-5-14(21-16(24)10-7-13(18)27-15(10)19)23(22-8)17-20-11-4-3-9(25-2)6-12(11)26-17/h3-7H,1-2H3,(H,21,24). The van der Waals surface area contributed by atoms with E-state index < -0.39 is 0 Å². The molecule has 4 rings (SSSR count). The van der Waals surface area contributed by atoms with Gasteiger partial charge in [0.1, 0.15) is 15.9 Å². The Morgan fingerprint density at radius 2 is 2.04 bits per heavy atom. The minimum atomic E-state index is -0.355. The van der Waals surface area contributed by atoms with E-state index in [0.717, 1.165) is 33.0 Å². The number of rotatable bonds is 4. The fourth-order valence-corrected chi connectivity index (χ4v) is 4.94. The van der Waals surface area contributed by atoms with Gasteiger partial charge >= 0.3 is 0 Å². The average molecular weight is 439 g/mol. The number of amides is 1. The fourth-order valence-electron chi connectivity index (χ4n) is 2.52. The Labute approximate surface area is 172 Å². The van der Waals surface area contributed by atoms with E-state index in [-0.39, 0.29) is 5.91 Å². The van der Waals surface area contributed by atoms with E-state index in [1.54, 1.807) is 23.9 Å². The van der Waals surface area contributed by atoms with Crippen LogP contribution in [0.25, 0.3) is 15.3 Å². The van der Waals surface area contributed by atoms with Crippen molar-refractivity contribution in [2.75, 3.05) is 12.4 Å². The molecule has 10 heteroatoms. The molecule has 0 aliphatic rings. The predicted octanol–water partition coefficient (Wildman–Crippen LogP) is 5.42. The van der Waals surface area contributed by atoms with Crippen LogP contribution in [0.5, 0.6) is 5.75 Å². The van der Waals surface area contributed by atoms with Crippen LogP contribution < -0.4 is 10.1 Å². The number of carbonyl (C=O) groups is 1. The van der Waals surface area contributed by atoms with Crippen LogP contribution in [0.2, 0.25) is 8.67 Å². The molecule has 0 unspecified atom stereocenters. The van der Waals surface area contributed by atoms with Gasteiger partial charge in [-0.25, -0.2) is 4.98 Å². The maximum Gasteiger partial charge on any atom is 0.259 e. The smallest absolute Gasteiger partial charge is 0.259 e. The van der Waals surface area contributed by atoms with E-state index in [4.69, 9.17) is 27.9 Å². The second-order valence-electron chi connectivity index (χ2n) is 5.60. The van der Waals surface area contributed by atoms with E-state index >= 15 is 0 Å². The molecule has 1 amide bonds. The minimum Gasteiger partial charge on any atom is -0.497 e. The normalized spacial score (nSPS) is 11.1. The van der Waals surface area contributed by atoms with Crippen LogP contribution in [0, 0.1) is 6.92 Å². The van der Waals surface area contributed by atoms with Crippen molar-refractivity contribution >= 4 is 67.8 Å². The lowest BCUT2D eigenvalue weighted by atomic mass is 10.3. The Hall–Kier alpha value is -2.13. The van der Waals surface area contributed by atoms with E-state index in [1.165, 1.54) is 11.3 Å². The third-order valence-corrected chi connectivity index (χ3v) is 6.22. The number of hydrogen-bond acceptors (Lipinski definition) is 6. The zero-order chi connectivity index (χ0) is 19.1. The molecule has 0 bridgehead atoms. The van der Waals surface area contributed by atoms with Gasteiger partial charge in [0.2, 0.25) is 5.13 Å². The number of thiazole rings is 1. The third-order valence-electron chi connectivity index (χ3n) is 3.74. The van der Waals surface area contributed by atoms with Crippen molar-refractivity contribution in [3.63, 3.8) is 0 Å². The number of methoxy groups -OCH3 is 1. The van der Waals surface area contributed by atoms with Gasteiger partial charge in [0.25, 0.3) is 5.91 Å². The molecule has 1 N–H and O–H groups in total. The van der Waals surface area contributed by atoms with E-state index in [1.807, 2.05) is 25.1 Å². The first-order valence-electron chi connectivity index (χ1n) is 7.72. The second-order valence-corrected chi connectivity index (χ2v) is 8.90. The number of anilines is 1. The summed E-state index contributed by atoms with van der Waals surface area (Å²) in [4.78, 5) is 17.2. The molecule has 0 aliphatic heterocycles. The topological polar surface area (TPSA) is 69.0 Å². The molecular formula is C17H12Cl2N4O2S2. The van der Waals surface area contributed by atoms with Crippen LogP contribution >= 0.6 is 45.9 Å². The molecule has 0 saturated carbocycles. The quantitative estimate of drug-likeness (QED) is 0.461. The van der Waals surface area contributed by atoms with Gasteiger partial charge in [0.05, 0.1) is 32.9 Å². The number of fused-ring (bicyclic) bond motifs is 1. The summed E-state index contributed by atoms with van der Waals surface area (Å²) in [6.45, 7) is 1.84. The number of thiophene rings is 1. The van der Waals surface area contributed by atoms with Crippen LogP contribution in [0.15, 0.2) is 30.3 Å². The Bertz CT molecular complexity index is 1170. The number of carbonyl (C=O) groups excluding carboxylic acids is 1. The summed E-state index contributed by atoms with van der Waals surface area (Å²) < 4.78 is 8.61. The maximum absolute atomic E-state index is 12.6. The molecule has 0 atom stereocenters. The van der Waals surface area contributed by atoms with Crippen molar-refractivity contribution in [2.24, 2.45) is 0 Å². The van der Waals surface area contributed by atoms with Crippen LogP contribution in [0.4, 0.5) is 5.82 Å². The van der Waals surface area contributed by atoms with E-state index in [0.29, 0.717) is 25.2 Å². The highest BCUT2D eigenvalue weighted by Gasteiger charge is 2.19. The molecule has 3 heterocycles. The third kappa shape index (κ3) is 3.53. The molecule has 0 radical (unpaired) electrons. The molecule has 1 aromatic carbocycles. The molecule has 138 valence electrons. The van der Waals surface area contributed by atoms with Crippen molar-refractivity contribution in [1.29, 1.82) is 0 Å². The van der Waals surface area contributed by atoms with Gasteiger partial charge in [-0.15, -0.1) is 11.3 Å². The van der Waals surface area contributed by atoms with E-state index in [9.17, 15) is 4.79 Å². The number of benzene rings is 1. The zero-order valence-electron chi connectivity index (χ0n) is 14.1. The summed E-state index contributed by atoms with van der Waals surface area (Å²) in [5, 5.41) is 7.92. The molecular weight excluding hydrogens is 427 g/mol. The summed E-state index contributed by atoms with van der Waals surface area (Å²) in [6.07, 6.45) is 0. The van der Waals surface area contributed by atoms with Gasteiger partial charge in [0.15, 0.2) is 0 Å². The fraction of sp³-hybridized carbons (Fsp3) is 0.118. The monoisotopic (exact) mass is 438 g/mol. The Kier molecular flexibility index (Phi) is 4.81. The average Bonchev–Trinajstić information content (AvgIpc) is 3.30. The molecule has 27 heavy (non-hydrogen) atoms. The predicted molar refractivity (Wildman–Crippen MR) is 110 cm³/mol. The zero-order valence-corrected chi connectivity index (χ0v) is 17.3. The summed E-state index contributed by atoms with van der Waals surface area (Å²) in [7, 11) is 1.62. The molecule has 0 aliphatic carbocycles. The number of hydrogen-bond donors (Lipinski definition) is 1. The second kappa shape index (κ2) is 7.12. The van der Waals surface area contributed by atoms with Crippen LogP contribution in [0.3, 0.4) is 0 Å². The van der Waals surface area contributed by atoms with Crippen LogP contribution in [-0.2, 0) is 0 Å². The van der Waals surface area contributed by atoms with Gasteiger partial charge in [-0.3, -0.25) is 4.79 Å². The highest BCUT2D eigenvalue weighted by Crippen LogP contribution is 2.33. The SMILES string of the molecule is COc1ccc2nc(-n3nc(C)cc3NC(=O)c3cc(Cl)sc3Cl)sc2c1. The first kappa shape index (κ1) is 18.2. The van der Waals surface area contributed by atoms with Crippen molar-refractivity contribution in [3.8, 4) is 10.9 Å². The highest BCUT2D eigenvalue weighted by atomic mass is 35.5. The molecule has 6 nitrogen and oxygen atoms in total. The van der Waals surface area contributed by atoms with Crippen molar-refractivity contribution in [1.82, 2.24) is 14.8 Å². The maximum atomic E-state index is 12.6. The highest BCUT2D eigenvalue weighted by molar-refractivity contribution is 7.21. The van der Waals surface area contributed by atoms with E-state index in [2.05, 4.69) is 15.4 Å². The molecule has 3 aromatic heterocycles.